The van der Waals surface area contributed by atoms with E-state index in [1.807, 2.05) is 36.4 Å². The van der Waals surface area contributed by atoms with E-state index in [-0.39, 0.29) is 4.90 Å². The molecule has 0 saturated heterocycles. The van der Waals surface area contributed by atoms with Crippen molar-refractivity contribution >= 4 is 44.0 Å². The van der Waals surface area contributed by atoms with Gasteiger partial charge in [-0.1, -0.05) is 23.7 Å². The van der Waals surface area contributed by atoms with Crippen molar-refractivity contribution in [1.29, 1.82) is 0 Å². The van der Waals surface area contributed by atoms with Crippen LogP contribution in [0, 0.1) is 0 Å². The Bertz CT molecular complexity index is 1370. The molecule has 0 fully saturated rings. The van der Waals surface area contributed by atoms with Crippen LogP contribution in [-0.4, -0.2) is 43.7 Å². The predicted molar refractivity (Wildman–Crippen MR) is 123 cm³/mol. The standard InChI is InChI=1S/C22H21ClN4O3S/c1-26(2)31(28,29)19-9-5-8-17(13-19)27-21-11-10-18(30-3)14-20(21)22(25-27)24-16-7-4-6-15(23)12-16/h4-14H,1-3H3,(H,24,25). The molecule has 4 aromatic rings. The summed E-state index contributed by atoms with van der Waals surface area (Å²) in [6.07, 6.45) is 0. The fraction of sp³-hybridized carbons (Fsp3) is 0.136. The molecule has 0 aliphatic carbocycles. The molecule has 0 spiro atoms. The smallest absolute Gasteiger partial charge is 0.242 e. The summed E-state index contributed by atoms with van der Waals surface area (Å²) < 4.78 is 33.5. The zero-order chi connectivity index (χ0) is 22.2. The van der Waals surface area contributed by atoms with Crippen molar-refractivity contribution in [2.45, 2.75) is 4.90 Å². The van der Waals surface area contributed by atoms with E-state index in [1.54, 1.807) is 42.1 Å². The van der Waals surface area contributed by atoms with Gasteiger partial charge < -0.3 is 10.1 Å². The van der Waals surface area contributed by atoms with Gasteiger partial charge in [-0.3, -0.25) is 0 Å². The Balaban J connectivity index is 1.88. The molecule has 0 unspecified atom stereocenters. The molecule has 3 aromatic carbocycles. The Morgan fingerprint density at radius 2 is 1.81 bits per heavy atom. The molecule has 0 atom stereocenters. The monoisotopic (exact) mass is 456 g/mol. The maximum absolute atomic E-state index is 12.6. The third-order valence-corrected chi connectivity index (χ3v) is 6.86. The Morgan fingerprint density at radius 3 is 2.52 bits per heavy atom. The van der Waals surface area contributed by atoms with Crippen molar-refractivity contribution in [2.75, 3.05) is 26.5 Å². The van der Waals surface area contributed by atoms with Crippen LogP contribution < -0.4 is 10.1 Å². The molecular weight excluding hydrogens is 436 g/mol. The minimum Gasteiger partial charge on any atom is -0.497 e. The summed E-state index contributed by atoms with van der Waals surface area (Å²) in [6.45, 7) is 0. The first kappa shape index (κ1) is 21.2. The molecule has 0 amide bonds. The van der Waals surface area contributed by atoms with E-state index in [1.165, 1.54) is 18.4 Å². The number of fused-ring (bicyclic) bond motifs is 1. The number of ether oxygens (including phenoxy) is 1. The number of sulfonamides is 1. The summed E-state index contributed by atoms with van der Waals surface area (Å²) in [6, 6.07) is 19.6. The second kappa shape index (κ2) is 8.22. The van der Waals surface area contributed by atoms with Crippen molar-refractivity contribution in [1.82, 2.24) is 14.1 Å². The van der Waals surface area contributed by atoms with E-state index in [0.717, 1.165) is 16.6 Å². The Morgan fingerprint density at radius 1 is 1.03 bits per heavy atom. The van der Waals surface area contributed by atoms with E-state index < -0.39 is 10.0 Å². The number of hydrogen-bond donors (Lipinski definition) is 1. The molecule has 0 bridgehead atoms. The van der Waals surface area contributed by atoms with Crippen LogP contribution in [0.2, 0.25) is 5.02 Å². The number of anilines is 2. The highest BCUT2D eigenvalue weighted by atomic mass is 35.5. The second-order valence-electron chi connectivity index (χ2n) is 7.06. The number of nitrogens with one attached hydrogen (secondary N) is 1. The number of rotatable bonds is 6. The van der Waals surface area contributed by atoms with Gasteiger partial charge in [-0.15, -0.1) is 5.10 Å². The van der Waals surface area contributed by atoms with E-state index in [0.29, 0.717) is 22.3 Å². The molecule has 9 heteroatoms. The van der Waals surface area contributed by atoms with Gasteiger partial charge in [-0.2, -0.15) is 0 Å². The van der Waals surface area contributed by atoms with Gasteiger partial charge in [-0.05, 0) is 54.6 Å². The average Bonchev–Trinajstić information content (AvgIpc) is 3.11. The lowest BCUT2D eigenvalue weighted by Crippen LogP contribution is -2.22. The second-order valence-corrected chi connectivity index (χ2v) is 9.65. The molecule has 0 saturated carbocycles. The lowest BCUT2D eigenvalue weighted by atomic mass is 10.2. The minimum atomic E-state index is -3.58. The highest BCUT2D eigenvalue weighted by Crippen LogP contribution is 2.32. The summed E-state index contributed by atoms with van der Waals surface area (Å²) in [5.74, 6) is 1.28. The van der Waals surface area contributed by atoms with Gasteiger partial charge in [-0.25, -0.2) is 17.4 Å². The van der Waals surface area contributed by atoms with Crippen LogP contribution in [0.3, 0.4) is 0 Å². The first-order valence-electron chi connectivity index (χ1n) is 9.42. The van der Waals surface area contributed by atoms with Gasteiger partial charge >= 0.3 is 0 Å². The van der Waals surface area contributed by atoms with Gasteiger partial charge in [0.05, 0.1) is 23.2 Å². The van der Waals surface area contributed by atoms with Crippen LogP contribution in [0.1, 0.15) is 0 Å². The zero-order valence-electron chi connectivity index (χ0n) is 17.2. The lowest BCUT2D eigenvalue weighted by molar-refractivity contribution is 0.415. The minimum absolute atomic E-state index is 0.191. The molecule has 1 heterocycles. The van der Waals surface area contributed by atoms with E-state index >= 15 is 0 Å². The molecule has 160 valence electrons. The van der Waals surface area contributed by atoms with Crippen LogP contribution in [-0.2, 0) is 10.0 Å². The quantitative estimate of drug-likeness (QED) is 0.455. The normalized spacial score (nSPS) is 11.8. The predicted octanol–water partition coefficient (Wildman–Crippen LogP) is 4.68. The first-order chi connectivity index (χ1) is 14.8. The average molecular weight is 457 g/mol. The van der Waals surface area contributed by atoms with Crippen molar-refractivity contribution in [2.24, 2.45) is 0 Å². The molecule has 4 rings (SSSR count). The highest BCUT2D eigenvalue weighted by Gasteiger charge is 2.19. The van der Waals surface area contributed by atoms with Gasteiger partial charge in [0.15, 0.2) is 5.82 Å². The van der Waals surface area contributed by atoms with Gasteiger partial charge in [0.1, 0.15) is 5.75 Å². The van der Waals surface area contributed by atoms with Crippen LogP contribution in [0.15, 0.2) is 71.6 Å². The number of methoxy groups -OCH3 is 1. The largest absolute Gasteiger partial charge is 0.497 e. The van der Waals surface area contributed by atoms with Crippen molar-refractivity contribution in [3.05, 3.63) is 71.8 Å². The van der Waals surface area contributed by atoms with Gasteiger partial charge in [0, 0.05) is 30.2 Å². The van der Waals surface area contributed by atoms with Crippen LogP contribution in [0.4, 0.5) is 11.5 Å². The summed E-state index contributed by atoms with van der Waals surface area (Å²) >= 11 is 6.12. The molecule has 0 aliphatic rings. The third kappa shape index (κ3) is 4.10. The summed E-state index contributed by atoms with van der Waals surface area (Å²) in [7, 11) is 1.04. The number of aromatic nitrogens is 2. The third-order valence-electron chi connectivity index (χ3n) is 4.82. The fourth-order valence-electron chi connectivity index (χ4n) is 3.20. The number of benzene rings is 3. The number of nitrogens with zero attached hydrogens (tertiary/aromatic N) is 3. The maximum Gasteiger partial charge on any atom is 0.242 e. The number of halogens is 1. The van der Waals surface area contributed by atoms with E-state index in [4.69, 9.17) is 21.4 Å². The number of hydrogen-bond acceptors (Lipinski definition) is 5. The molecule has 1 aromatic heterocycles. The Labute approximate surface area is 185 Å². The van der Waals surface area contributed by atoms with Crippen molar-refractivity contribution < 1.29 is 13.2 Å². The van der Waals surface area contributed by atoms with Gasteiger partial charge in [0.2, 0.25) is 10.0 Å². The summed E-state index contributed by atoms with van der Waals surface area (Å²) in [5, 5.41) is 9.44. The SMILES string of the molecule is COc1ccc2c(c1)c(Nc1cccc(Cl)c1)nn2-c1cccc(S(=O)(=O)N(C)C)c1. The molecule has 7 nitrogen and oxygen atoms in total. The van der Waals surface area contributed by atoms with Crippen molar-refractivity contribution in [3.8, 4) is 11.4 Å². The molecule has 0 radical (unpaired) electrons. The lowest BCUT2D eigenvalue weighted by Gasteiger charge is -2.12. The first-order valence-corrected chi connectivity index (χ1v) is 11.2. The van der Waals surface area contributed by atoms with Crippen LogP contribution in [0.25, 0.3) is 16.6 Å². The summed E-state index contributed by atoms with van der Waals surface area (Å²) in [5.41, 5.74) is 2.20. The molecule has 0 aliphatic heterocycles. The summed E-state index contributed by atoms with van der Waals surface area (Å²) in [4.78, 5) is 0.191. The van der Waals surface area contributed by atoms with E-state index in [9.17, 15) is 8.42 Å². The highest BCUT2D eigenvalue weighted by molar-refractivity contribution is 7.89. The molecule has 31 heavy (non-hydrogen) atoms. The van der Waals surface area contributed by atoms with E-state index in [2.05, 4.69) is 5.32 Å². The topological polar surface area (TPSA) is 76.5 Å². The molecular formula is C22H21ClN4O3S. The maximum atomic E-state index is 12.6. The van der Waals surface area contributed by atoms with Crippen LogP contribution in [0.5, 0.6) is 5.75 Å². The van der Waals surface area contributed by atoms with Crippen molar-refractivity contribution in [3.63, 3.8) is 0 Å². The molecule has 1 N–H and O–H groups in total. The zero-order valence-corrected chi connectivity index (χ0v) is 18.8. The Kier molecular flexibility index (Phi) is 5.62. The Hall–Kier alpha value is -3.07. The fourth-order valence-corrected chi connectivity index (χ4v) is 4.34. The van der Waals surface area contributed by atoms with Crippen LogP contribution >= 0.6 is 11.6 Å². The van der Waals surface area contributed by atoms with Gasteiger partial charge in [0.25, 0.3) is 0 Å².